The number of piperidine rings is 1. The Morgan fingerprint density at radius 2 is 2.31 bits per heavy atom. The van der Waals surface area contributed by atoms with E-state index in [1.807, 2.05) is 20.0 Å². The van der Waals surface area contributed by atoms with Gasteiger partial charge in [0.2, 0.25) is 0 Å². The first-order chi connectivity index (χ1) is 7.70. The maximum Gasteiger partial charge on any atom is 0.150 e. The Hall–Kier alpha value is -1.16. The molecule has 0 aliphatic carbocycles. The van der Waals surface area contributed by atoms with Crippen LogP contribution in [0.3, 0.4) is 0 Å². The van der Waals surface area contributed by atoms with E-state index in [1.54, 1.807) is 0 Å². The van der Waals surface area contributed by atoms with E-state index in [0.29, 0.717) is 5.92 Å². The molecule has 88 valence electrons. The van der Waals surface area contributed by atoms with Crippen molar-refractivity contribution in [2.24, 2.45) is 11.7 Å². The minimum absolute atomic E-state index is 0.607. The summed E-state index contributed by atoms with van der Waals surface area (Å²) >= 11 is 0. The summed E-state index contributed by atoms with van der Waals surface area (Å²) in [7, 11) is 0. The van der Waals surface area contributed by atoms with E-state index in [4.69, 9.17) is 5.73 Å². The fourth-order valence-corrected chi connectivity index (χ4v) is 2.27. The smallest absolute Gasteiger partial charge is 0.150 e. The molecule has 1 atom stereocenters. The highest BCUT2D eigenvalue weighted by molar-refractivity contribution is 5.43. The molecule has 1 fully saturated rings. The zero-order chi connectivity index (χ0) is 11.5. The third-order valence-electron chi connectivity index (χ3n) is 3.20. The lowest BCUT2D eigenvalue weighted by Gasteiger charge is -2.33. The van der Waals surface area contributed by atoms with Crippen molar-refractivity contribution in [2.75, 3.05) is 24.5 Å². The number of anilines is 1. The molecule has 1 aliphatic heterocycles. The first kappa shape index (κ1) is 11.3. The minimum atomic E-state index is 0.607. The molecule has 2 N–H and O–H groups in total. The molecule has 4 heteroatoms. The summed E-state index contributed by atoms with van der Waals surface area (Å²) in [6, 6.07) is 0. The van der Waals surface area contributed by atoms with Crippen LogP contribution in [0.2, 0.25) is 0 Å². The molecule has 0 saturated carbocycles. The maximum atomic E-state index is 5.75. The van der Waals surface area contributed by atoms with Crippen molar-refractivity contribution < 1.29 is 0 Å². The summed E-state index contributed by atoms with van der Waals surface area (Å²) in [6.07, 6.45) is 4.27. The summed E-state index contributed by atoms with van der Waals surface area (Å²) in [5.41, 5.74) is 7.75. The number of aryl methyl sites for hydroxylation is 2. The highest BCUT2D eigenvalue weighted by atomic mass is 15.2. The molecule has 0 spiro atoms. The molecular formula is C12H20N4. The topological polar surface area (TPSA) is 55.0 Å². The second-order valence-electron chi connectivity index (χ2n) is 4.61. The van der Waals surface area contributed by atoms with Gasteiger partial charge < -0.3 is 10.6 Å². The van der Waals surface area contributed by atoms with Crippen LogP contribution in [0.1, 0.15) is 24.2 Å². The van der Waals surface area contributed by atoms with Gasteiger partial charge in [-0.25, -0.2) is 4.98 Å². The van der Waals surface area contributed by atoms with Crippen LogP contribution in [0.4, 0.5) is 5.82 Å². The Labute approximate surface area is 96.9 Å². The van der Waals surface area contributed by atoms with E-state index in [2.05, 4.69) is 14.9 Å². The van der Waals surface area contributed by atoms with Gasteiger partial charge in [0.25, 0.3) is 0 Å². The summed E-state index contributed by atoms with van der Waals surface area (Å²) in [6.45, 7) is 6.88. The lowest BCUT2D eigenvalue weighted by atomic mass is 9.98. The second-order valence-corrected chi connectivity index (χ2v) is 4.61. The lowest BCUT2D eigenvalue weighted by molar-refractivity contribution is 0.421. The Morgan fingerprint density at radius 1 is 1.50 bits per heavy atom. The highest BCUT2D eigenvalue weighted by Crippen LogP contribution is 2.22. The number of nitrogens with zero attached hydrogens (tertiary/aromatic N) is 3. The Morgan fingerprint density at radius 3 is 3.06 bits per heavy atom. The van der Waals surface area contributed by atoms with Gasteiger partial charge in [0.1, 0.15) is 5.82 Å². The van der Waals surface area contributed by atoms with E-state index in [0.717, 1.165) is 36.8 Å². The summed E-state index contributed by atoms with van der Waals surface area (Å²) in [4.78, 5) is 11.3. The third kappa shape index (κ3) is 2.32. The zero-order valence-electron chi connectivity index (χ0n) is 10.1. The van der Waals surface area contributed by atoms with Crippen molar-refractivity contribution >= 4 is 5.82 Å². The summed E-state index contributed by atoms with van der Waals surface area (Å²) < 4.78 is 0. The van der Waals surface area contributed by atoms with Crippen LogP contribution < -0.4 is 10.6 Å². The largest absolute Gasteiger partial charge is 0.355 e. The molecule has 1 saturated heterocycles. The van der Waals surface area contributed by atoms with E-state index < -0.39 is 0 Å². The van der Waals surface area contributed by atoms with Gasteiger partial charge in [0.15, 0.2) is 0 Å². The Balaban J connectivity index is 2.19. The molecule has 2 heterocycles. The molecule has 1 aromatic heterocycles. The molecule has 2 rings (SSSR count). The van der Waals surface area contributed by atoms with Crippen LogP contribution >= 0.6 is 0 Å². The average molecular weight is 220 g/mol. The van der Waals surface area contributed by atoms with Crippen LogP contribution in [-0.2, 0) is 0 Å². The van der Waals surface area contributed by atoms with E-state index in [1.165, 1.54) is 12.8 Å². The summed E-state index contributed by atoms with van der Waals surface area (Å²) in [5, 5.41) is 0. The van der Waals surface area contributed by atoms with Crippen LogP contribution in [-0.4, -0.2) is 29.6 Å². The maximum absolute atomic E-state index is 5.75. The fraction of sp³-hybridized carbons (Fsp3) is 0.667. The lowest BCUT2D eigenvalue weighted by Crippen LogP contribution is -2.39. The predicted molar refractivity (Wildman–Crippen MR) is 65.5 cm³/mol. The molecule has 4 nitrogen and oxygen atoms in total. The molecular weight excluding hydrogens is 200 g/mol. The first-order valence-corrected chi connectivity index (χ1v) is 5.96. The van der Waals surface area contributed by atoms with E-state index in [9.17, 15) is 0 Å². The third-order valence-corrected chi connectivity index (χ3v) is 3.20. The fourth-order valence-electron chi connectivity index (χ4n) is 2.27. The quantitative estimate of drug-likeness (QED) is 0.815. The van der Waals surface area contributed by atoms with Crippen LogP contribution in [0.25, 0.3) is 0 Å². The zero-order valence-corrected chi connectivity index (χ0v) is 10.1. The molecule has 0 bridgehead atoms. The second kappa shape index (κ2) is 4.78. The highest BCUT2D eigenvalue weighted by Gasteiger charge is 2.21. The number of nitrogens with two attached hydrogens (primary N) is 1. The van der Waals surface area contributed by atoms with Crippen molar-refractivity contribution in [1.29, 1.82) is 0 Å². The first-order valence-electron chi connectivity index (χ1n) is 5.96. The van der Waals surface area contributed by atoms with Crippen molar-refractivity contribution in [2.45, 2.75) is 26.7 Å². The van der Waals surface area contributed by atoms with Gasteiger partial charge in [-0.3, -0.25) is 4.98 Å². The van der Waals surface area contributed by atoms with Crippen molar-refractivity contribution in [1.82, 2.24) is 9.97 Å². The minimum Gasteiger partial charge on any atom is -0.355 e. The van der Waals surface area contributed by atoms with Gasteiger partial charge in [0, 0.05) is 19.3 Å². The standard InChI is InChI=1S/C12H20N4/c1-9-7-14-10(2)12(15-9)16-5-3-4-11(6-13)8-16/h7,11H,3-6,8,13H2,1-2H3. The van der Waals surface area contributed by atoms with E-state index in [-0.39, 0.29) is 0 Å². The molecule has 0 amide bonds. The van der Waals surface area contributed by atoms with Gasteiger partial charge in [-0.05, 0) is 39.2 Å². The number of hydrogen-bond donors (Lipinski definition) is 1. The normalized spacial score (nSPS) is 21.2. The van der Waals surface area contributed by atoms with Crippen molar-refractivity contribution in [3.05, 3.63) is 17.6 Å². The molecule has 0 radical (unpaired) electrons. The molecule has 0 aromatic carbocycles. The van der Waals surface area contributed by atoms with Crippen molar-refractivity contribution in [3.8, 4) is 0 Å². The van der Waals surface area contributed by atoms with Crippen LogP contribution in [0.15, 0.2) is 6.20 Å². The number of hydrogen-bond acceptors (Lipinski definition) is 4. The van der Waals surface area contributed by atoms with Gasteiger partial charge in [-0.1, -0.05) is 0 Å². The van der Waals surface area contributed by atoms with Crippen LogP contribution in [0.5, 0.6) is 0 Å². The Kier molecular flexibility index (Phi) is 3.39. The summed E-state index contributed by atoms with van der Waals surface area (Å²) in [5.74, 6) is 1.65. The average Bonchev–Trinajstić information content (AvgIpc) is 2.32. The van der Waals surface area contributed by atoms with Crippen molar-refractivity contribution in [3.63, 3.8) is 0 Å². The number of aromatic nitrogens is 2. The molecule has 1 unspecified atom stereocenters. The predicted octanol–water partition coefficient (Wildman–Crippen LogP) is 1.27. The van der Waals surface area contributed by atoms with Gasteiger partial charge in [-0.2, -0.15) is 0 Å². The molecule has 1 aromatic rings. The molecule has 16 heavy (non-hydrogen) atoms. The van der Waals surface area contributed by atoms with Crippen LogP contribution in [0, 0.1) is 19.8 Å². The van der Waals surface area contributed by atoms with E-state index >= 15 is 0 Å². The molecule has 1 aliphatic rings. The SMILES string of the molecule is Cc1cnc(C)c(N2CCCC(CN)C2)n1. The Bertz CT molecular complexity index is 364. The number of rotatable bonds is 2. The van der Waals surface area contributed by atoms with Gasteiger partial charge in [-0.15, -0.1) is 0 Å². The van der Waals surface area contributed by atoms with Gasteiger partial charge in [0.05, 0.1) is 11.4 Å². The monoisotopic (exact) mass is 220 g/mol. The van der Waals surface area contributed by atoms with Gasteiger partial charge >= 0.3 is 0 Å².